The van der Waals surface area contributed by atoms with Crippen molar-refractivity contribution in [3.05, 3.63) is 18.0 Å². The van der Waals surface area contributed by atoms with E-state index in [0.717, 1.165) is 5.69 Å². The molecule has 8 heteroatoms. The van der Waals surface area contributed by atoms with E-state index in [0.29, 0.717) is 25.2 Å². The van der Waals surface area contributed by atoms with Crippen molar-refractivity contribution < 1.29 is 14.3 Å². The lowest BCUT2D eigenvalue weighted by Gasteiger charge is -2.23. The number of likely N-dealkylation sites (N-methyl/N-ethyl adjacent to an activating group) is 1. The second-order valence-electron chi connectivity index (χ2n) is 4.11. The normalized spacial score (nSPS) is 9.95. The van der Waals surface area contributed by atoms with Gasteiger partial charge in [-0.25, -0.2) is 10.6 Å². The Morgan fingerprint density at radius 1 is 1.50 bits per heavy atom. The number of ether oxygens (including phenoxy) is 1. The highest BCUT2D eigenvalue weighted by atomic mass is 16.5. The van der Waals surface area contributed by atoms with Crippen LogP contribution >= 0.6 is 0 Å². The van der Waals surface area contributed by atoms with Crippen molar-refractivity contribution in [2.75, 3.05) is 24.6 Å². The van der Waals surface area contributed by atoms with E-state index in [-0.39, 0.29) is 12.4 Å². The highest BCUT2D eigenvalue weighted by Crippen LogP contribution is 2.17. The standard InChI is InChI=1S/C12H19N5O3/c1-3-17(8-9(2)18)11-4-6-14-16-10(11)5-7-20-12(19)15-13/h4,6H,3,5,7-8,13H2,1-2H3,(H,15,19). The maximum absolute atomic E-state index is 11.3. The van der Waals surface area contributed by atoms with Gasteiger partial charge >= 0.3 is 6.09 Å². The van der Waals surface area contributed by atoms with Gasteiger partial charge in [0.15, 0.2) is 0 Å². The predicted molar refractivity (Wildman–Crippen MR) is 73.0 cm³/mol. The van der Waals surface area contributed by atoms with Gasteiger partial charge in [0.25, 0.3) is 0 Å². The summed E-state index contributed by atoms with van der Waals surface area (Å²) in [6.07, 6.45) is 1.26. The van der Waals surface area contributed by atoms with Crippen molar-refractivity contribution in [1.82, 2.24) is 15.6 Å². The number of nitrogens with one attached hydrogen (secondary N) is 1. The van der Waals surface area contributed by atoms with Crippen LogP contribution in [0.4, 0.5) is 10.5 Å². The Bertz CT molecular complexity index is 466. The number of rotatable bonds is 7. The van der Waals surface area contributed by atoms with E-state index in [1.54, 1.807) is 12.3 Å². The molecular formula is C12H19N5O3. The Hall–Kier alpha value is -2.22. The largest absolute Gasteiger partial charge is 0.448 e. The fraction of sp³-hybridized carbons (Fsp3) is 0.500. The lowest BCUT2D eigenvalue weighted by atomic mass is 10.2. The molecule has 1 aromatic rings. The fourth-order valence-electron chi connectivity index (χ4n) is 1.74. The van der Waals surface area contributed by atoms with Crippen molar-refractivity contribution in [1.29, 1.82) is 0 Å². The maximum atomic E-state index is 11.3. The zero-order valence-corrected chi connectivity index (χ0v) is 11.6. The molecule has 1 heterocycles. The molecule has 0 aliphatic heterocycles. The third-order valence-corrected chi connectivity index (χ3v) is 2.60. The predicted octanol–water partition coefficient (Wildman–Crippen LogP) is 0.0343. The van der Waals surface area contributed by atoms with E-state index in [1.165, 1.54) is 6.92 Å². The number of hydrogen-bond acceptors (Lipinski definition) is 7. The molecule has 0 radical (unpaired) electrons. The molecule has 20 heavy (non-hydrogen) atoms. The van der Waals surface area contributed by atoms with Gasteiger partial charge in [0.05, 0.1) is 30.7 Å². The van der Waals surface area contributed by atoms with Crippen LogP contribution in [0.1, 0.15) is 19.5 Å². The lowest BCUT2D eigenvalue weighted by molar-refractivity contribution is -0.115. The first-order valence-corrected chi connectivity index (χ1v) is 6.26. The first kappa shape index (κ1) is 15.8. The molecule has 0 unspecified atom stereocenters. The van der Waals surface area contributed by atoms with Gasteiger partial charge in [-0.1, -0.05) is 0 Å². The number of nitrogens with two attached hydrogens (primary N) is 1. The average molecular weight is 281 g/mol. The Labute approximate surface area is 117 Å². The summed E-state index contributed by atoms with van der Waals surface area (Å²) < 4.78 is 4.82. The SMILES string of the molecule is CCN(CC(C)=O)c1ccnnc1CCOC(=O)NN. The van der Waals surface area contributed by atoms with Crippen LogP contribution in [0.2, 0.25) is 0 Å². The van der Waals surface area contributed by atoms with Gasteiger partial charge in [-0.3, -0.25) is 10.2 Å². The first-order chi connectivity index (χ1) is 9.58. The van der Waals surface area contributed by atoms with E-state index >= 15 is 0 Å². The summed E-state index contributed by atoms with van der Waals surface area (Å²) in [6.45, 7) is 4.59. The highest BCUT2D eigenvalue weighted by Gasteiger charge is 2.13. The number of amides is 1. The molecule has 0 fully saturated rings. The molecule has 0 saturated carbocycles. The van der Waals surface area contributed by atoms with Gasteiger partial charge in [-0.2, -0.15) is 10.2 Å². The van der Waals surface area contributed by atoms with Crippen LogP contribution in [0.5, 0.6) is 0 Å². The fourth-order valence-corrected chi connectivity index (χ4v) is 1.74. The van der Waals surface area contributed by atoms with Gasteiger partial charge < -0.3 is 9.64 Å². The summed E-state index contributed by atoms with van der Waals surface area (Å²) in [7, 11) is 0. The number of ketones is 1. The molecule has 0 spiro atoms. The molecule has 0 aromatic carbocycles. The molecule has 0 aliphatic carbocycles. The van der Waals surface area contributed by atoms with Crippen LogP contribution < -0.4 is 16.2 Å². The number of hydrogen-bond donors (Lipinski definition) is 2. The van der Waals surface area contributed by atoms with E-state index in [4.69, 9.17) is 10.6 Å². The zero-order chi connectivity index (χ0) is 15.0. The van der Waals surface area contributed by atoms with Gasteiger partial charge in [-0.05, 0) is 19.9 Å². The third kappa shape index (κ3) is 4.81. The van der Waals surface area contributed by atoms with E-state index in [9.17, 15) is 9.59 Å². The second-order valence-corrected chi connectivity index (χ2v) is 4.11. The molecule has 0 bridgehead atoms. The minimum absolute atomic E-state index is 0.0633. The second kappa shape index (κ2) is 8.05. The van der Waals surface area contributed by atoms with Crippen LogP contribution in [-0.4, -0.2) is 41.8 Å². The number of carbonyl (C=O) groups is 2. The number of nitrogens with zero attached hydrogens (tertiary/aromatic N) is 3. The Morgan fingerprint density at radius 2 is 2.25 bits per heavy atom. The number of aromatic nitrogens is 2. The van der Waals surface area contributed by atoms with Crippen LogP contribution in [0.25, 0.3) is 0 Å². The van der Waals surface area contributed by atoms with Gasteiger partial charge in [0.2, 0.25) is 0 Å². The van der Waals surface area contributed by atoms with Gasteiger partial charge in [0.1, 0.15) is 5.78 Å². The Balaban J connectivity index is 2.76. The summed E-state index contributed by atoms with van der Waals surface area (Å²) in [5.74, 6) is 4.97. The Kier molecular flexibility index (Phi) is 6.38. The van der Waals surface area contributed by atoms with Gasteiger partial charge in [-0.15, -0.1) is 0 Å². The quantitative estimate of drug-likeness (QED) is 0.412. The molecule has 8 nitrogen and oxygen atoms in total. The van der Waals surface area contributed by atoms with E-state index < -0.39 is 6.09 Å². The number of anilines is 1. The molecule has 1 rings (SSSR count). The minimum atomic E-state index is -0.702. The topological polar surface area (TPSA) is 110 Å². The summed E-state index contributed by atoms with van der Waals surface area (Å²) >= 11 is 0. The van der Waals surface area contributed by atoms with Crippen molar-refractivity contribution in [3.8, 4) is 0 Å². The summed E-state index contributed by atoms with van der Waals surface area (Å²) in [5.41, 5.74) is 3.35. The molecule has 1 aromatic heterocycles. The van der Waals surface area contributed by atoms with Crippen molar-refractivity contribution in [2.24, 2.45) is 5.84 Å². The average Bonchev–Trinajstić information content (AvgIpc) is 2.45. The summed E-state index contributed by atoms with van der Waals surface area (Å²) in [4.78, 5) is 24.0. The van der Waals surface area contributed by atoms with Crippen molar-refractivity contribution >= 4 is 17.6 Å². The van der Waals surface area contributed by atoms with Crippen LogP contribution in [0.3, 0.4) is 0 Å². The minimum Gasteiger partial charge on any atom is -0.448 e. The molecular weight excluding hydrogens is 262 g/mol. The lowest BCUT2D eigenvalue weighted by Crippen LogP contribution is -2.32. The zero-order valence-electron chi connectivity index (χ0n) is 11.6. The molecule has 0 saturated heterocycles. The maximum Gasteiger partial charge on any atom is 0.421 e. The van der Waals surface area contributed by atoms with E-state index in [2.05, 4.69) is 10.2 Å². The first-order valence-electron chi connectivity index (χ1n) is 6.26. The van der Waals surface area contributed by atoms with Crippen LogP contribution in [0, 0.1) is 0 Å². The summed E-state index contributed by atoms with van der Waals surface area (Å²) in [5, 5.41) is 7.85. The molecule has 0 atom stereocenters. The number of Topliss-reactive ketones (excluding diaryl/α,β-unsaturated/α-hetero) is 1. The third-order valence-electron chi connectivity index (χ3n) is 2.60. The van der Waals surface area contributed by atoms with Crippen molar-refractivity contribution in [2.45, 2.75) is 20.3 Å². The van der Waals surface area contributed by atoms with Crippen molar-refractivity contribution in [3.63, 3.8) is 0 Å². The smallest absolute Gasteiger partial charge is 0.421 e. The van der Waals surface area contributed by atoms with Crippen LogP contribution in [-0.2, 0) is 16.0 Å². The molecule has 0 aliphatic rings. The molecule has 110 valence electrons. The van der Waals surface area contributed by atoms with E-state index in [1.807, 2.05) is 17.2 Å². The van der Waals surface area contributed by atoms with Gasteiger partial charge in [0, 0.05) is 13.0 Å². The molecule has 3 N–H and O–H groups in total. The molecule has 1 amide bonds. The Morgan fingerprint density at radius 3 is 2.85 bits per heavy atom. The number of hydrazine groups is 1. The summed E-state index contributed by atoms with van der Waals surface area (Å²) in [6, 6.07) is 1.79. The monoisotopic (exact) mass is 281 g/mol. The van der Waals surface area contributed by atoms with Crippen LogP contribution in [0.15, 0.2) is 12.3 Å². The highest BCUT2D eigenvalue weighted by molar-refractivity contribution is 5.81. The number of carbonyl (C=O) groups excluding carboxylic acids is 2.